The maximum absolute atomic E-state index is 12.2. The zero-order valence-electron chi connectivity index (χ0n) is 12.7. The molecule has 19 heavy (non-hydrogen) atoms. The van der Waals surface area contributed by atoms with Crippen LogP contribution in [-0.2, 0) is 14.3 Å². The average molecular weight is 270 g/mol. The van der Waals surface area contributed by atoms with Gasteiger partial charge in [0, 0.05) is 25.6 Å². The highest BCUT2D eigenvalue weighted by molar-refractivity contribution is 5.89. The maximum Gasteiger partial charge on any atom is 0.225 e. The summed E-state index contributed by atoms with van der Waals surface area (Å²) in [6.45, 7) is 8.96. The largest absolute Gasteiger partial charge is 0.383 e. The minimum atomic E-state index is -0.238. The third kappa shape index (κ3) is 4.20. The van der Waals surface area contributed by atoms with Gasteiger partial charge in [-0.05, 0) is 27.2 Å². The van der Waals surface area contributed by atoms with Crippen LogP contribution < -0.4 is 5.32 Å². The molecule has 0 aromatic heterocycles. The van der Waals surface area contributed by atoms with Gasteiger partial charge in [0.25, 0.3) is 0 Å². The number of hydrogen-bond acceptors (Lipinski definition) is 3. The van der Waals surface area contributed by atoms with E-state index in [1.54, 1.807) is 12.0 Å². The molecule has 1 N–H and O–H groups in total. The van der Waals surface area contributed by atoms with Crippen LogP contribution in [0.1, 0.15) is 40.5 Å². The first-order chi connectivity index (χ1) is 8.80. The van der Waals surface area contributed by atoms with E-state index in [-0.39, 0.29) is 29.3 Å². The molecule has 5 heteroatoms. The number of hydrogen-bond donors (Lipinski definition) is 1. The number of carbonyl (C=O) groups excluding carboxylic acids is 2. The number of nitrogens with one attached hydrogen (secondary N) is 1. The van der Waals surface area contributed by atoms with E-state index < -0.39 is 0 Å². The Morgan fingerprint density at radius 2 is 2.21 bits per heavy atom. The third-order valence-corrected chi connectivity index (χ3v) is 3.81. The van der Waals surface area contributed by atoms with Crippen molar-refractivity contribution in [2.24, 2.45) is 5.92 Å². The minimum Gasteiger partial charge on any atom is -0.383 e. The van der Waals surface area contributed by atoms with Crippen molar-refractivity contribution in [3.63, 3.8) is 0 Å². The molecule has 0 bridgehead atoms. The van der Waals surface area contributed by atoms with Crippen LogP contribution in [0.3, 0.4) is 0 Å². The molecule has 0 aliphatic carbocycles. The average Bonchev–Trinajstić information content (AvgIpc) is 2.71. The summed E-state index contributed by atoms with van der Waals surface area (Å²) in [5, 5.41) is 3.01. The molecule has 1 aliphatic heterocycles. The molecule has 0 saturated carbocycles. The topological polar surface area (TPSA) is 58.6 Å². The van der Waals surface area contributed by atoms with Crippen molar-refractivity contribution < 1.29 is 14.3 Å². The molecule has 2 atom stereocenters. The van der Waals surface area contributed by atoms with Gasteiger partial charge in [0.1, 0.15) is 0 Å². The molecule has 1 fully saturated rings. The SMILES string of the molecule is CCC(C)(C)NC(=O)[C@H]1CC(=O)N([C@@H](C)COC)C1. The van der Waals surface area contributed by atoms with E-state index >= 15 is 0 Å². The Labute approximate surface area is 115 Å². The van der Waals surface area contributed by atoms with E-state index in [1.807, 2.05) is 27.7 Å². The number of likely N-dealkylation sites (tertiary alicyclic amines) is 1. The molecule has 0 aromatic carbocycles. The smallest absolute Gasteiger partial charge is 0.225 e. The second-order valence-corrected chi connectivity index (χ2v) is 5.98. The van der Waals surface area contributed by atoms with Crippen LogP contribution in [0, 0.1) is 5.92 Å². The van der Waals surface area contributed by atoms with Gasteiger partial charge in [-0.15, -0.1) is 0 Å². The van der Waals surface area contributed by atoms with Gasteiger partial charge in [0.15, 0.2) is 0 Å². The van der Waals surface area contributed by atoms with Crippen LogP contribution in [0.15, 0.2) is 0 Å². The van der Waals surface area contributed by atoms with E-state index in [4.69, 9.17) is 4.74 Å². The van der Waals surface area contributed by atoms with E-state index in [2.05, 4.69) is 5.32 Å². The lowest BCUT2D eigenvalue weighted by atomic mass is 9.99. The Bertz CT molecular complexity index is 342. The minimum absolute atomic E-state index is 0.0210. The fourth-order valence-electron chi connectivity index (χ4n) is 2.19. The van der Waals surface area contributed by atoms with Gasteiger partial charge in [-0.3, -0.25) is 9.59 Å². The predicted molar refractivity (Wildman–Crippen MR) is 73.7 cm³/mol. The summed E-state index contributed by atoms with van der Waals surface area (Å²) in [6, 6.07) is 0.0227. The first-order valence-electron chi connectivity index (χ1n) is 6.91. The van der Waals surface area contributed by atoms with Gasteiger partial charge in [-0.25, -0.2) is 0 Å². The lowest BCUT2D eigenvalue weighted by molar-refractivity contribution is -0.131. The Kier molecular flexibility index (Phi) is 5.35. The molecule has 5 nitrogen and oxygen atoms in total. The summed E-state index contributed by atoms with van der Waals surface area (Å²) in [5.41, 5.74) is -0.217. The molecule has 1 rings (SSSR count). The van der Waals surface area contributed by atoms with Gasteiger partial charge in [0.05, 0.1) is 18.6 Å². The van der Waals surface area contributed by atoms with Crippen molar-refractivity contribution in [2.75, 3.05) is 20.3 Å². The lowest BCUT2D eigenvalue weighted by Crippen LogP contribution is -2.46. The first kappa shape index (κ1) is 16.0. The van der Waals surface area contributed by atoms with Gasteiger partial charge in [-0.1, -0.05) is 6.92 Å². The molecule has 1 heterocycles. The van der Waals surface area contributed by atoms with E-state index in [0.717, 1.165) is 6.42 Å². The van der Waals surface area contributed by atoms with Crippen LogP contribution in [0.5, 0.6) is 0 Å². The van der Waals surface area contributed by atoms with Crippen molar-refractivity contribution in [1.82, 2.24) is 10.2 Å². The second-order valence-electron chi connectivity index (χ2n) is 5.98. The van der Waals surface area contributed by atoms with Gasteiger partial charge in [0.2, 0.25) is 11.8 Å². The van der Waals surface area contributed by atoms with Crippen molar-refractivity contribution in [3.05, 3.63) is 0 Å². The summed E-state index contributed by atoms with van der Waals surface area (Å²) in [6.07, 6.45) is 1.17. The second kappa shape index (κ2) is 6.37. The number of methoxy groups -OCH3 is 1. The number of amides is 2. The summed E-state index contributed by atoms with van der Waals surface area (Å²) in [5.74, 6) is -0.219. The zero-order chi connectivity index (χ0) is 14.6. The fourth-order valence-corrected chi connectivity index (χ4v) is 2.19. The van der Waals surface area contributed by atoms with E-state index in [0.29, 0.717) is 19.6 Å². The molecule has 2 amide bonds. The molecular formula is C14H26N2O3. The normalized spacial score (nSPS) is 21.6. The summed E-state index contributed by atoms with van der Waals surface area (Å²) in [4.78, 5) is 25.8. The first-order valence-corrected chi connectivity index (χ1v) is 6.91. The van der Waals surface area contributed by atoms with Gasteiger partial charge in [-0.2, -0.15) is 0 Å². The number of nitrogens with zero attached hydrogens (tertiary/aromatic N) is 1. The molecule has 0 aromatic rings. The zero-order valence-corrected chi connectivity index (χ0v) is 12.7. The van der Waals surface area contributed by atoms with Crippen molar-refractivity contribution in [3.8, 4) is 0 Å². The third-order valence-electron chi connectivity index (χ3n) is 3.81. The fraction of sp³-hybridized carbons (Fsp3) is 0.857. The highest BCUT2D eigenvalue weighted by atomic mass is 16.5. The van der Waals surface area contributed by atoms with Crippen molar-refractivity contribution >= 4 is 11.8 Å². The Balaban J connectivity index is 2.59. The molecular weight excluding hydrogens is 244 g/mol. The van der Waals surface area contributed by atoms with Crippen molar-refractivity contribution in [2.45, 2.75) is 52.1 Å². The van der Waals surface area contributed by atoms with E-state index in [1.165, 1.54) is 0 Å². The summed E-state index contributed by atoms with van der Waals surface area (Å²) in [7, 11) is 1.62. The molecule has 0 spiro atoms. The Hall–Kier alpha value is -1.10. The standard InChI is InChI=1S/C14H26N2O3/c1-6-14(3,4)15-13(18)11-7-12(17)16(8-11)10(2)9-19-5/h10-11H,6-9H2,1-5H3,(H,15,18)/t10-,11-/m0/s1. The number of rotatable bonds is 6. The Morgan fingerprint density at radius 3 is 2.74 bits per heavy atom. The molecule has 1 saturated heterocycles. The highest BCUT2D eigenvalue weighted by Gasteiger charge is 2.37. The lowest BCUT2D eigenvalue weighted by Gasteiger charge is -2.27. The quantitative estimate of drug-likeness (QED) is 0.788. The van der Waals surface area contributed by atoms with Crippen LogP contribution >= 0.6 is 0 Å². The van der Waals surface area contributed by atoms with Gasteiger partial charge < -0.3 is 15.0 Å². The Morgan fingerprint density at radius 1 is 1.58 bits per heavy atom. The molecule has 110 valence electrons. The van der Waals surface area contributed by atoms with E-state index in [9.17, 15) is 9.59 Å². The summed E-state index contributed by atoms with van der Waals surface area (Å²) >= 11 is 0. The van der Waals surface area contributed by atoms with Crippen LogP contribution in [0.25, 0.3) is 0 Å². The predicted octanol–water partition coefficient (Wildman–Crippen LogP) is 1.17. The molecule has 0 unspecified atom stereocenters. The number of carbonyl (C=O) groups is 2. The van der Waals surface area contributed by atoms with Crippen LogP contribution in [0.2, 0.25) is 0 Å². The van der Waals surface area contributed by atoms with Crippen LogP contribution in [-0.4, -0.2) is 48.6 Å². The summed E-state index contributed by atoms with van der Waals surface area (Å²) < 4.78 is 5.06. The maximum atomic E-state index is 12.2. The highest BCUT2D eigenvalue weighted by Crippen LogP contribution is 2.21. The van der Waals surface area contributed by atoms with Gasteiger partial charge >= 0.3 is 0 Å². The van der Waals surface area contributed by atoms with Crippen LogP contribution in [0.4, 0.5) is 0 Å². The molecule has 1 aliphatic rings. The number of ether oxygens (including phenoxy) is 1. The van der Waals surface area contributed by atoms with Crippen molar-refractivity contribution in [1.29, 1.82) is 0 Å². The monoisotopic (exact) mass is 270 g/mol. The molecule has 0 radical (unpaired) electrons.